The third-order valence-electron chi connectivity index (χ3n) is 4.93. The van der Waals surface area contributed by atoms with Crippen molar-refractivity contribution in [1.82, 2.24) is 24.5 Å². The number of rotatable bonds is 1. The van der Waals surface area contributed by atoms with Crippen molar-refractivity contribution in [3.8, 4) is 5.75 Å². The molecule has 2 atom stereocenters. The van der Waals surface area contributed by atoms with Crippen LogP contribution in [0.5, 0.6) is 5.75 Å². The molecular formula is C20H20F3MnN5O. The molecule has 1 fully saturated rings. The van der Waals surface area contributed by atoms with Crippen LogP contribution in [-0.2, 0) is 23.2 Å². The zero-order chi connectivity index (χ0) is 20.4. The molecule has 159 valence electrons. The van der Waals surface area contributed by atoms with Gasteiger partial charge in [-0.15, -0.1) is 17.7 Å². The first kappa shape index (κ1) is 22.4. The molecule has 0 amide bonds. The van der Waals surface area contributed by atoms with E-state index < -0.39 is 12.0 Å². The summed E-state index contributed by atoms with van der Waals surface area (Å²) in [6.45, 7) is 5.57. The Morgan fingerprint density at radius 2 is 2.07 bits per heavy atom. The summed E-state index contributed by atoms with van der Waals surface area (Å²) in [6, 6.07) is 10.1. The van der Waals surface area contributed by atoms with Gasteiger partial charge < -0.3 is 19.1 Å². The molecule has 6 nitrogen and oxygen atoms in total. The first-order valence-electron chi connectivity index (χ1n) is 9.37. The molecule has 4 heterocycles. The Hall–Kier alpha value is -2.29. The maximum atomic E-state index is 12.0. The molecular weight excluding hydrogens is 438 g/mol. The van der Waals surface area contributed by atoms with Gasteiger partial charge in [0.15, 0.2) is 0 Å². The Labute approximate surface area is 182 Å². The fourth-order valence-electron chi connectivity index (χ4n) is 3.46. The minimum atomic E-state index is -4.54. The van der Waals surface area contributed by atoms with Gasteiger partial charge in [-0.2, -0.15) is 30.8 Å². The van der Waals surface area contributed by atoms with Crippen molar-refractivity contribution in [1.29, 1.82) is 0 Å². The first-order valence-corrected chi connectivity index (χ1v) is 9.37. The molecule has 0 N–H and O–H groups in total. The summed E-state index contributed by atoms with van der Waals surface area (Å²) in [4.78, 5) is 9.28. The van der Waals surface area contributed by atoms with Gasteiger partial charge in [-0.3, -0.25) is 4.98 Å². The number of fused-ring (bicyclic) bond motifs is 2. The molecule has 0 bridgehead atoms. The average molecular weight is 458 g/mol. The first-order chi connectivity index (χ1) is 13.9. The Kier molecular flexibility index (Phi) is 6.90. The third-order valence-corrected chi connectivity index (χ3v) is 4.93. The summed E-state index contributed by atoms with van der Waals surface area (Å²) in [5.41, 5.74) is 1.25. The van der Waals surface area contributed by atoms with Crippen LogP contribution in [0.3, 0.4) is 0 Å². The second-order valence-corrected chi connectivity index (χ2v) is 7.19. The van der Waals surface area contributed by atoms with Gasteiger partial charge in [0.25, 0.3) is 0 Å². The van der Waals surface area contributed by atoms with E-state index in [1.807, 2.05) is 6.07 Å². The fourth-order valence-corrected chi connectivity index (χ4v) is 3.46. The summed E-state index contributed by atoms with van der Waals surface area (Å²) >= 11 is 0. The molecule has 1 saturated heterocycles. The quantitative estimate of drug-likeness (QED) is 0.414. The molecule has 10 heteroatoms. The predicted octanol–water partition coefficient (Wildman–Crippen LogP) is 3.28. The van der Waals surface area contributed by atoms with Crippen LogP contribution in [0.15, 0.2) is 36.5 Å². The normalized spacial score (nSPS) is 20.9. The van der Waals surface area contributed by atoms with Gasteiger partial charge in [-0.1, -0.05) is 31.5 Å². The summed E-state index contributed by atoms with van der Waals surface area (Å²) < 4.78 is 42.8. The van der Waals surface area contributed by atoms with E-state index in [1.54, 1.807) is 0 Å². The van der Waals surface area contributed by atoms with E-state index in [2.05, 4.69) is 57.7 Å². The average Bonchev–Trinajstić information content (AvgIpc) is 3.34. The predicted molar refractivity (Wildman–Crippen MR) is 99.1 cm³/mol. The van der Waals surface area contributed by atoms with Crippen LogP contribution in [0.1, 0.15) is 24.7 Å². The smallest absolute Gasteiger partial charge is 0.550 e. The zero-order valence-corrected chi connectivity index (χ0v) is 17.4. The summed E-state index contributed by atoms with van der Waals surface area (Å²) in [5, 5.41) is 3.15. The van der Waals surface area contributed by atoms with E-state index in [0.29, 0.717) is 6.04 Å². The van der Waals surface area contributed by atoms with Gasteiger partial charge in [-0.25, -0.2) is 0 Å². The number of alkyl halides is 3. The number of aromatic nitrogens is 4. The van der Waals surface area contributed by atoms with Crippen molar-refractivity contribution >= 4 is 5.78 Å². The van der Waals surface area contributed by atoms with E-state index in [0.717, 1.165) is 22.8 Å². The number of halogens is 3. The van der Waals surface area contributed by atoms with Crippen LogP contribution in [0.4, 0.5) is 13.2 Å². The number of likely N-dealkylation sites (tertiary alicyclic amines) is 1. The molecule has 5 rings (SSSR count). The van der Waals surface area contributed by atoms with Crippen molar-refractivity contribution in [2.75, 3.05) is 19.7 Å². The number of para-hydroxylation sites is 1. The van der Waals surface area contributed by atoms with E-state index in [9.17, 15) is 13.2 Å². The maximum Gasteiger partial charge on any atom is 2.00 e. The van der Waals surface area contributed by atoms with Gasteiger partial charge in [0.1, 0.15) is 5.78 Å². The van der Waals surface area contributed by atoms with Crippen molar-refractivity contribution in [3.63, 3.8) is 0 Å². The SMILES string of the molecule is CC1CCN(C2[CH-]c3ccccc3OC2)C1.FC(F)(F)c1nc2ncc[c-]n2n1.[Mn+2]. The van der Waals surface area contributed by atoms with Crippen molar-refractivity contribution in [3.05, 3.63) is 60.5 Å². The van der Waals surface area contributed by atoms with Crippen molar-refractivity contribution in [2.45, 2.75) is 25.6 Å². The van der Waals surface area contributed by atoms with E-state index in [-0.39, 0.29) is 22.8 Å². The van der Waals surface area contributed by atoms with Crippen LogP contribution in [0, 0.1) is 18.5 Å². The largest absolute Gasteiger partial charge is 2.00 e. The summed E-state index contributed by atoms with van der Waals surface area (Å²) in [5.74, 6) is 0.550. The Morgan fingerprint density at radius 1 is 1.27 bits per heavy atom. The van der Waals surface area contributed by atoms with Gasteiger partial charge in [0.05, 0.1) is 6.61 Å². The molecule has 0 saturated carbocycles. The number of hydrogen-bond acceptors (Lipinski definition) is 5. The zero-order valence-electron chi connectivity index (χ0n) is 16.2. The van der Waals surface area contributed by atoms with E-state index in [4.69, 9.17) is 4.74 Å². The fraction of sp³-hybridized carbons (Fsp3) is 0.400. The van der Waals surface area contributed by atoms with Gasteiger partial charge in [0.2, 0.25) is 5.82 Å². The van der Waals surface area contributed by atoms with Crippen LogP contribution in [-0.4, -0.2) is 50.2 Å². The molecule has 3 aromatic rings. The second-order valence-electron chi connectivity index (χ2n) is 7.19. The second kappa shape index (κ2) is 9.24. The topological polar surface area (TPSA) is 55.5 Å². The molecule has 0 spiro atoms. The minimum Gasteiger partial charge on any atom is -0.550 e. The number of hydrogen-bond donors (Lipinski definition) is 0. The Morgan fingerprint density at radius 3 is 2.77 bits per heavy atom. The Bertz CT molecular complexity index is 947. The van der Waals surface area contributed by atoms with E-state index >= 15 is 0 Å². The molecule has 1 radical (unpaired) electrons. The van der Waals surface area contributed by atoms with Gasteiger partial charge in [-0.05, 0) is 18.9 Å². The third kappa shape index (κ3) is 5.06. The monoisotopic (exact) mass is 458 g/mol. The minimum absolute atomic E-state index is 0. The number of benzene rings is 1. The van der Waals surface area contributed by atoms with E-state index in [1.165, 1.54) is 37.3 Å². The van der Waals surface area contributed by atoms with Crippen LogP contribution < -0.4 is 4.74 Å². The summed E-state index contributed by atoms with van der Waals surface area (Å²) in [7, 11) is 0. The van der Waals surface area contributed by atoms with Crippen LogP contribution in [0.2, 0.25) is 0 Å². The maximum absolute atomic E-state index is 12.0. The molecule has 0 aliphatic carbocycles. The van der Waals surface area contributed by atoms with Gasteiger partial charge >= 0.3 is 23.2 Å². The molecule has 2 aliphatic rings. The number of ether oxygens (including phenoxy) is 1. The molecule has 2 aromatic heterocycles. The van der Waals surface area contributed by atoms with Crippen LogP contribution >= 0.6 is 0 Å². The van der Waals surface area contributed by atoms with Crippen molar-refractivity contribution in [2.24, 2.45) is 5.92 Å². The van der Waals surface area contributed by atoms with Crippen LogP contribution in [0.25, 0.3) is 5.78 Å². The standard InChI is InChI=1S/C14H18NO.C6H2F3N4.Mn/c1-11-6-7-15(9-11)13-8-12-4-2-3-5-14(12)16-10-13;7-6(8,9)4-11-5-10-2-1-3-13(5)12-4;/h2-5,8,11,13H,6-7,9-10H2,1H3;1-2H;/q2*-1;+2. The molecule has 30 heavy (non-hydrogen) atoms. The molecule has 1 aromatic carbocycles. The molecule has 2 unspecified atom stereocenters. The molecule has 2 aliphatic heterocycles. The summed E-state index contributed by atoms with van der Waals surface area (Å²) in [6.07, 6.45) is 2.86. The van der Waals surface area contributed by atoms with Gasteiger partial charge in [0, 0.05) is 18.3 Å². The number of nitrogens with zero attached hydrogens (tertiary/aromatic N) is 5. The van der Waals surface area contributed by atoms with Crippen molar-refractivity contribution < 1.29 is 35.0 Å². The Balaban J connectivity index is 0.000000169.